The first-order chi connectivity index (χ1) is 8.32. The van der Waals surface area contributed by atoms with Crippen LogP contribution in [0.4, 0.5) is 4.79 Å². The van der Waals surface area contributed by atoms with Gasteiger partial charge in [-0.15, -0.1) is 0 Å². The minimum atomic E-state index is -1.27. The molecule has 1 rings (SSSR count). The predicted molar refractivity (Wildman–Crippen MR) is 65.3 cm³/mol. The molecule has 18 heavy (non-hydrogen) atoms. The number of amides is 2. The lowest BCUT2D eigenvalue weighted by Crippen LogP contribution is -2.58. The number of piperazine rings is 1. The number of carboxylic acid groups (broad SMARTS) is 1. The van der Waals surface area contributed by atoms with E-state index in [4.69, 9.17) is 5.11 Å². The Morgan fingerprint density at radius 2 is 2.00 bits per heavy atom. The van der Waals surface area contributed by atoms with Gasteiger partial charge in [-0.25, -0.2) is 9.59 Å². The summed E-state index contributed by atoms with van der Waals surface area (Å²) in [4.78, 5) is 26.5. The average molecular weight is 259 g/mol. The van der Waals surface area contributed by atoms with E-state index in [0.29, 0.717) is 13.1 Å². The number of rotatable bonds is 3. The second-order valence-corrected chi connectivity index (χ2v) is 4.78. The van der Waals surface area contributed by atoms with Crippen LogP contribution in [0.15, 0.2) is 0 Å². The summed E-state index contributed by atoms with van der Waals surface area (Å²) in [5, 5.41) is 20.5. The Labute approximate surface area is 106 Å². The minimum Gasteiger partial charge on any atom is -0.480 e. The maximum Gasteiger partial charge on any atom is 0.328 e. The monoisotopic (exact) mass is 259 g/mol. The Hall–Kier alpha value is -1.34. The Morgan fingerprint density at radius 3 is 2.44 bits per heavy atom. The van der Waals surface area contributed by atoms with Crippen molar-refractivity contribution in [2.45, 2.75) is 32.0 Å². The van der Waals surface area contributed by atoms with Crippen LogP contribution in [-0.2, 0) is 4.79 Å². The van der Waals surface area contributed by atoms with Crippen molar-refractivity contribution in [2.24, 2.45) is 0 Å². The van der Waals surface area contributed by atoms with E-state index in [1.807, 2.05) is 14.0 Å². The molecule has 0 bridgehead atoms. The fraction of sp³-hybridized carbons (Fsp3) is 0.818. The maximum atomic E-state index is 11.9. The number of nitrogens with zero attached hydrogens (tertiary/aromatic N) is 2. The number of urea groups is 1. The lowest BCUT2D eigenvalue weighted by Gasteiger charge is -2.38. The number of nitrogens with one attached hydrogen (secondary N) is 1. The third-order valence-corrected chi connectivity index (χ3v) is 3.27. The zero-order valence-electron chi connectivity index (χ0n) is 11.0. The molecular formula is C11H21N3O4. The summed E-state index contributed by atoms with van der Waals surface area (Å²) in [5.74, 6) is -1.24. The fourth-order valence-electron chi connectivity index (χ4n) is 1.85. The van der Waals surface area contributed by atoms with E-state index < -0.39 is 24.1 Å². The first kappa shape index (κ1) is 14.7. The molecule has 3 atom stereocenters. The fourth-order valence-corrected chi connectivity index (χ4v) is 1.85. The molecule has 1 aliphatic rings. The standard InChI is InChI=1S/C11H21N3O4/c1-7-6-14(5-4-13(7)3)11(18)12-9(8(2)15)10(16)17/h7-9,15H,4-6H2,1-3H3,(H,12,18)(H,16,17)/t7?,8-,9+/m1/s1. The highest BCUT2D eigenvalue weighted by atomic mass is 16.4. The Balaban J connectivity index is 2.57. The molecule has 0 aliphatic carbocycles. The van der Waals surface area contributed by atoms with Crippen LogP contribution in [0.2, 0.25) is 0 Å². The zero-order valence-corrected chi connectivity index (χ0v) is 11.0. The average Bonchev–Trinajstić information content (AvgIpc) is 2.28. The smallest absolute Gasteiger partial charge is 0.328 e. The first-order valence-electron chi connectivity index (χ1n) is 5.99. The van der Waals surface area contributed by atoms with E-state index in [2.05, 4.69) is 10.2 Å². The Kier molecular flexibility index (Phi) is 4.92. The summed E-state index contributed by atoms with van der Waals surface area (Å²) in [6.45, 7) is 5.20. The molecule has 0 saturated carbocycles. The SMILES string of the molecule is CC1CN(C(=O)N[C@H](C(=O)O)[C@@H](C)O)CCN1C. The van der Waals surface area contributed by atoms with Crippen molar-refractivity contribution >= 4 is 12.0 Å². The van der Waals surface area contributed by atoms with E-state index in [-0.39, 0.29) is 6.04 Å². The van der Waals surface area contributed by atoms with Crippen LogP contribution >= 0.6 is 0 Å². The number of aliphatic hydroxyl groups is 1. The Bertz CT molecular complexity index is 321. The van der Waals surface area contributed by atoms with Crippen LogP contribution in [0.25, 0.3) is 0 Å². The van der Waals surface area contributed by atoms with Gasteiger partial charge in [0.1, 0.15) is 0 Å². The van der Waals surface area contributed by atoms with Gasteiger partial charge >= 0.3 is 12.0 Å². The molecule has 1 heterocycles. The molecule has 0 spiro atoms. The van der Waals surface area contributed by atoms with Gasteiger partial charge in [0, 0.05) is 25.7 Å². The minimum absolute atomic E-state index is 0.235. The molecule has 1 unspecified atom stereocenters. The van der Waals surface area contributed by atoms with Gasteiger partial charge in [-0.2, -0.15) is 0 Å². The number of carbonyl (C=O) groups excluding carboxylic acids is 1. The molecule has 1 aliphatic heterocycles. The quantitative estimate of drug-likeness (QED) is 0.615. The van der Waals surface area contributed by atoms with Crippen LogP contribution in [0.3, 0.4) is 0 Å². The summed E-state index contributed by atoms with van der Waals surface area (Å²) in [5.41, 5.74) is 0. The highest BCUT2D eigenvalue weighted by Gasteiger charge is 2.29. The number of carboxylic acids is 1. The number of hydrogen-bond acceptors (Lipinski definition) is 4. The van der Waals surface area contributed by atoms with Crippen molar-refractivity contribution in [3.63, 3.8) is 0 Å². The van der Waals surface area contributed by atoms with Crippen molar-refractivity contribution in [2.75, 3.05) is 26.7 Å². The number of hydrogen-bond donors (Lipinski definition) is 3. The van der Waals surface area contributed by atoms with E-state index in [9.17, 15) is 14.7 Å². The molecule has 0 radical (unpaired) electrons. The third kappa shape index (κ3) is 3.58. The summed E-state index contributed by atoms with van der Waals surface area (Å²) in [7, 11) is 1.98. The van der Waals surface area contributed by atoms with E-state index in [1.54, 1.807) is 4.90 Å². The van der Waals surface area contributed by atoms with E-state index in [1.165, 1.54) is 6.92 Å². The number of likely N-dealkylation sites (N-methyl/N-ethyl adjacent to an activating group) is 1. The number of carbonyl (C=O) groups is 2. The molecule has 1 saturated heterocycles. The van der Waals surface area contributed by atoms with Crippen LogP contribution in [0.5, 0.6) is 0 Å². The van der Waals surface area contributed by atoms with Gasteiger partial charge in [-0.3, -0.25) is 0 Å². The molecule has 1 fully saturated rings. The molecule has 0 aromatic rings. The van der Waals surface area contributed by atoms with Crippen LogP contribution < -0.4 is 5.32 Å². The first-order valence-corrected chi connectivity index (χ1v) is 5.99. The van der Waals surface area contributed by atoms with E-state index >= 15 is 0 Å². The van der Waals surface area contributed by atoms with Gasteiger partial charge in [0.2, 0.25) is 0 Å². The maximum absolute atomic E-state index is 11.9. The van der Waals surface area contributed by atoms with Crippen LogP contribution in [-0.4, -0.2) is 76.9 Å². The highest BCUT2D eigenvalue weighted by molar-refractivity contribution is 5.83. The van der Waals surface area contributed by atoms with E-state index in [0.717, 1.165) is 6.54 Å². The lowest BCUT2D eigenvalue weighted by molar-refractivity contribution is -0.141. The van der Waals surface area contributed by atoms with Gasteiger partial charge < -0.3 is 25.3 Å². The summed E-state index contributed by atoms with van der Waals surface area (Å²) in [6.07, 6.45) is -1.13. The summed E-state index contributed by atoms with van der Waals surface area (Å²) in [6, 6.07) is -1.48. The van der Waals surface area contributed by atoms with Crippen molar-refractivity contribution in [3.8, 4) is 0 Å². The molecule has 3 N–H and O–H groups in total. The summed E-state index contributed by atoms with van der Waals surface area (Å²) < 4.78 is 0. The predicted octanol–water partition coefficient (Wildman–Crippen LogP) is -0.834. The molecule has 7 heteroatoms. The van der Waals surface area contributed by atoms with Gasteiger partial charge in [0.05, 0.1) is 6.10 Å². The Morgan fingerprint density at radius 1 is 1.39 bits per heavy atom. The molecule has 7 nitrogen and oxygen atoms in total. The molecule has 2 amide bonds. The molecule has 0 aromatic carbocycles. The lowest BCUT2D eigenvalue weighted by atomic mass is 10.2. The van der Waals surface area contributed by atoms with Crippen LogP contribution in [0.1, 0.15) is 13.8 Å². The largest absolute Gasteiger partial charge is 0.480 e. The van der Waals surface area contributed by atoms with Gasteiger partial charge in [-0.05, 0) is 20.9 Å². The topological polar surface area (TPSA) is 93.1 Å². The normalized spacial score (nSPS) is 24.4. The zero-order chi connectivity index (χ0) is 13.9. The van der Waals surface area contributed by atoms with Crippen molar-refractivity contribution < 1.29 is 19.8 Å². The molecular weight excluding hydrogens is 238 g/mol. The number of aliphatic carboxylic acids is 1. The van der Waals surface area contributed by atoms with Crippen LogP contribution in [0, 0.1) is 0 Å². The summed E-state index contributed by atoms with van der Waals surface area (Å²) >= 11 is 0. The molecule has 0 aromatic heterocycles. The van der Waals surface area contributed by atoms with Gasteiger partial charge in [0.15, 0.2) is 6.04 Å². The van der Waals surface area contributed by atoms with Gasteiger partial charge in [0.25, 0.3) is 0 Å². The van der Waals surface area contributed by atoms with Gasteiger partial charge in [-0.1, -0.05) is 0 Å². The number of aliphatic hydroxyl groups excluding tert-OH is 1. The third-order valence-electron chi connectivity index (χ3n) is 3.27. The second kappa shape index (κ2) is 6.01. The van der Waals surface area contributed by atoms with Crippen molar-refractivity contribution in [1.29, 1.82) is 0 Å². The van der Waals surface area contributed by atoms with Crippen molar-refractivity contribution in [3.05, 3.63) is 0 Å². The second-order valence-electron chi connectivity index (χ2n) is 4.78. The van der Waals surface area contributed by atoms with Crippen molar-refractivity contribution in [1.82, 2.24) is 15.1 Å². The highest BCUT2D eigenvalue weighted by Crippen LogP contribution is 2.07. The molecule has 104 valence electrons.